The highest BCUT2D eigenvalue weighted by atomic mass is 35.5. The third kappa shape index (κ3) is 2.93. The van der Waals surface area contributed by atoms with Crippen molar-refractivity contribution in [3.05, 3.63) is 57.6 Å². The summed E-state index contributed by atoms with van der Waals surface area (Å²) >= 11 is 6.04. The highest BCUT2D eigenvalue weighted by Gasteiger charge is 2.12. The number of halogens is 1. The van der Waals surface area contributed by atoms with Crippen LogP contribution in [-0.2, 0) is 0 Å². The number of ether oxygens (including phenoxy) is 2. The summed E-state index contributed by atoms with van der Waals surface area (Å²) in [5.41, 5.74) is 1.84. The van der Waals surface area contributed by atoms with E-state index in [0.29, 0.717) is 21.6 Å². The molecule has 0 spiro atoms. The van der Waals surface area contributed by atoms with E-state index >= 15 is 0 Å². The van der Waals surface area contributed by atoms with Crippen molar-refractivity contribution >= 4 is 39.8 Å². The number of aromatic amines is 1. The Morgan fingerprint density at radius 1 is 1.21 bits per heavy atom. The third-order valence-electron chi connectivity index (χ3n) is 4.28. The minimum atomic E-state index is -0.355. The highest BCUT2D eigenvalue weighted by molar-refractivity contribution is 6.31. The smallest absolute Gasteiger partial charge is 0.298 e. The predicted molar refractivity (Wildman–Crippen MR) is 107 cm³/mol. The zero-order valence-electron chi connectivity index (χ0n) is 14.9. The van der Waals surface area contributed by atoms with Gasteiger partial charge in [0.15, 0.2) is 11.5 Å². The van der Waals surface area contributed by atoms with Crippen LogP contribution in [0, 0.1) is 0 Å². The van der Waals surface area contributed by atoms with Crippen LogP contribution in [0.5, 0.6) is 17.2 Å². The molecule has 0 aliphatic rings. The monoisotopic (exact) mass is 398 g/mol. The summed E-state index contributed by atoms with van der Waals surface area (Å²) in [5.74, 6) is 0.350. The summed E-state index contributed by atoms with van der Waals surface area (Å²) in [6.07, 6.45) is 2.78. The summed E-state index contributed by atoms with van der Waals surface area (Å²) < 4.78 is 11.3. The maximum absolute atomic E-state index is 12.8. The summed E-state index contributed by atoms with van der Waals surface area (Å²) in [6.45, 7) is 0. The number of fused-ring (bicyclic) bond motifs is 3. The van der Waals surface area contributed by atoms with Gasteiger partial charge in [-0.2, -0.15) is 9.78 Å². The Morgan fingerprint density at radius 3 is 2.61 bits per heavy atom. The molecule has 0 unspecified atom stereocenters. The van der Waals surface area contributed by atoms with Gasteiger partial charge in [0, 0.05) is 21.5 Å². The summed E-state index contributed by atoms with van der Waals surface area (Å²) in [6, 6.07) is 8.43. The predicted octanol–water partition coefficient (Wildman–Crippen LogP) is 3.14. The van der Waals surface area contributed by atoms with Crippen LogP contribution >= 0.6 is 11.6 Å². The molecule has 0 aliphatic heterocycles. The zero-order chi connectivity index (χ0) is 19.8. The molecule has 2 N–H and O–H groups in total. The number of nitrogens with zero attached hydrogens (tertiary/aromatic N) is 3. The molecule has 2 aromatic carbocycles. The Bertz CT molecular complexity index is 1270. The maximum Gasteiger partial charge on any atom is 0.298 e. The highest BCUT2D eigenvalue weighted by Crippen LogP contribution is 2.36. The molecule has 28 heavy (non-hydrogen) atoms. The Kier molecular flexibility index (Phi) is 4.40. The molecule has 0 radical (unpaired) electrons. The first-order valence-electron chi connectivity index (χ1n) is 8.19. The van der Waals surface area contributed by atoms with E-state index in [1.807, 2.05) is 0 Å². The summed E-state index contributed by atoms with van der Waals surface area (Å²) in [7, 11) is 2.86. The second-order valence-corrected chi connectivity index (χ2v) is 6.39. The molecule has 2 heterocycles. The van der Waals surface area contributed by atoms with Gasteiger partial charge in [0.1, 0.15) is 17.4 Å². The lowest BCUT2D eigenvalue weighted by molar-refractivity contribution is 0.340. The van der Waals surface area contributed by atoms with Crippen molar-refractivity contribution in [2.75, 3.05) is 14.2 Å². The quantitative estimate of drug-likeness (QED) is 0.514. The Labute approximate surface area is 163 Å². The zero-order valence-corrected chi connectivity index (χ0v) is 15.7. The van der Waals surface area contributed by atoms with Crippen LogP contribution in [0.3, 0.4) is 0 Å². The van der Waals surface area contributed by atoms with Crippen LogP contribution in [0.2, 0.25) is 5.02 Å². The van der Waals surface area contributed by atoms with E-state index in [0.717, 1.165) is 15.6 Å². The molecule has 9 heteroatoms. The van der Waals surface area contributed by atoms with E-state index in [-0.39, 0.29) is 22.8 Å². The molecule has 4 rings (SSSR count). The molecule has 0 amide bonds. The fraction of sp³-hybridized carbons (Fsp3) is 0.105. The SMILES string of the molecule is COc1cc(/C=N/n2cnc3c([nH]c4ccc(Cl)cc43)c2=O)cc(OC)c1O. The molecule has 0 bridgehead atoms. The lowest BCUT2D eigenvalue weighted by Crippen LogP contribution is -2.17. The Hall–Kier alpha value is -3.52. The number of nitrogens with one attached hydrogen (secondary N) is 1. The van der Waals surface area contributed by atoms with Crippen LogP contribution in [0.15, 0.2) is 46.6 Å². The van der Waals surface area contributed by atoms with Crippen LogP contribution in [0.1, 0.15) is 5.56 Å². The number of methoxy groups -OCH3 is 2. The summed E-state index contributed by atoms with van der Waals surface area (Å²) in [5, 5.41) is 15.5. The molecular weight excluding hydrogens is 384 g/mol. The van der Waals surface area contributed by atoms with Gasteiger partial charge in [-0.05, 0) is 30.3 Å². The molecule has 0 atom stereocenters. The number of hydrogen-bond donors (Lipinski definition) is 2. The first-order valence-corrected chi connectivity index (χ1v) is 8.57. The largest absolute Gasteiger partial charge is 0.502 e. The number of hydrogen-bond acceptors (Lipinski definition) is 6. The molecule has 4 aromatic rings. The second-order valence-electron chi connectivity index (χ2n) is 5.95. The lowest BCUT2D eigenvalue weighted by Gasteiger charge is -2.09. The average Bonchev–Trinajstić information content (AvgIpc) is 3.07. The van der Waals surface area contributed by atoms with Gasteiger partial charge in [-0.1, -0.05) is 11.6 Å². The number of rotatable bonds is 4. The van der Waals surface area contributed by atoms with Crippen molar-refractivity contribution in [2.45, 2.75) is 0 Å². The van der Waals surface area contributed by atoms with Crippen LogP contribution < -0.4 is 15.0 Å². The van der Waals surface area contributed by atoms with Gasteiger partial charge in [-0.25, -0.2) is 4.98 Å². The van der Waals surface area contributed by atoms with Crippen LogP contribution in [-0.4, -0.2) is 40.2 Å². The van der Waals surface area contributed by atoms with Crippen molar-refractivity contribution in [1.29, 1.82) is 0 Å². The van der Waals surface area contributed by atoms with Gasteiger partial charge in [0.25, 0.3) is 5.56 Å². The van der Waals surface area contributed by atoms with E-state index < -0.39 is 0 Å². The number of H-pyrrole nitrogens is 1. The average molecular weight is 399 g/mol. The minimum Gasteiger partial charge on any atom is -0.502 e. The fourth-order valence-electron chi connectivity index (χ4n) is 2.92. The number of aromatic nitrogens is 3. The number of phenols is 1. The lowest BCUT2D eigenvalue weighted by atomic mass is 10.2. The number of aromatic hydroxyl groups is 1. The van der Waals surface area contributed by atoms with Gasteiger partial charge in [-0.3, -0.25) is 4.79 Å². The molecule has 0 fully saturated rings. The first-order chi connectivity index (χ1) is 13.5. The number of benzene rings is 2. The molecule has 0 aliphatic carbocycles. The Morgan fingerprint density at radius 2 is 1.93 bits per heavy atom. The van der Waals surface area contributed by atoms with Gasteiger partial charge in [0.2, 0.25) is 5.75 Å². The second kappa shape index (κ2) is 6.90. The van der Waals surface area contributed by atoms with Crippen LogP contribution in [0.25, 0.3) is 21.9 Å². The molecule has 0 saturated heterocycles. The molecule has 142 valence electrons. The first kappa shape index (κ1) is 17.9. The van der Waals surface area contributed by atoms with Crippen molar-refractivity contribution in [2.24, 2.45) is 5.10 Å². The van der Waals surface area contributed by atoms with Crippen molar-refractivity contribution in [3.8, 4) is 17.2 Å². The van der Waals surface area contributed by atoms with E-state index in [9.17, 15) is 9.90 Å². The molecule has 8 nitrogen and oxygen atoms in total. The van der Waals surface area contributed by atoms with Crippen molar-refractivity contribution in [3.63, 3.8) is 0 Å². The van der Waals surface area contributed by atoms with E-state index in [4.69, 9.17) is 21.1 Å². The van der Waals surface area contributed by atoms with Gasteiger partial charge in [-0.15, -0.1) is 0 Å². The van der Waals surface area contributed by atoms with Crippen LogP contribution in [0.4, 0.5) is 0 Å². The minimum absolute atomic E-state index is 0.112. The van der Waals surface area contributed by atoms with E-state index in [1.165, 1.54) is 26.8 Å². The standard InChI is InChI=1S/C19H15ClN4O4/c1-27-14-5-10(6-15(28-2)18(14)25)8-22-24-9-21-16-12-7-11(20)3-4-13(12)23-17(16)19(24)26/h3-9,23,25H,1-2H3/b22-8+. The Balaban J connectivity index is 1.79. The third-order valence-corrected chi connectivity index (χ3v) is 4.52. The number of phenolic OH excluding ortho intramolecular Hbond substituents is 1. The molecular formula is C19H15ClN4O4. The van der Waals surface area contributed by atoms with Crippen molar-refractivity contribution in [1.82, 2.24) is 14.6 Å². The molecule has 2 aromatic heterocycles. The van der Waals surface area contributed by atoms with Gasteiger partial charge < -0.3 is 19.6 Å². The van der Waals surface area contributed by atoms with Gasteiger partial charge in [0.05, 0.1) is 20.4 Å². The molecule has 0 saturated carbocycles. The topological polar surface area (TPSA) is 102 Å². The van der Waals surface area contributed by atoms with E-state index in [1.54, 1.807) is 30.3 Å². The summed E-state index contributed by atoms with van der Waals surface area (Å²) in [4.78, 5) is 20.1. The van der Waals surface area contributed by atoms with E-state index in [2.05, 4.69) is 15.1 Å². The normalized spacial score (nSPS) is 11.5. The van der Waals surface area contributed by atoms with Gasteiger partial charge >= 0.3 is 0 Å². The maximum atomic E-state index is 12.8. The van der Waals surface area contributed by atoms with Crippen molar-refractivity contribution < 1.29 is 14.6 Å². The fourth-order valence-corrected chi connectivity index (χ4v) is 3.09.